The van der Waals surface area contributed by atoms with E-state index in [9.17, 15) is 4.79 Å². The molecule has 1 amide bonds. The topological polar surface area (TPSA) is 56.8 Å². The van der Waals surface area contributed by atoms with E-state index in [2.05, 4.69) is 5.32 Å². The van der Waals surface area contributed by atoms with Gasteiger partial charge in [0.2, 0.25) is 5.91 Å². The van der Waals surface area contributed by atoms with Gasteiger partial charge in [-0.25, -0.2) is 0 Å². The number of benzene rings is 2. The van der Waals surface area contributed by atoms with E-state index in [1.54, 1.807) is 25.3 Å². The lowest BCUT2D eigenvalue weighted by molar-refractivity contribution is -0.116. The highest BCUT2D eigenvalue weighted by Crippen LogP contribution is 2.31. The number of carbonyl (C=O) groups is 1. The van der Waals surface area contributed by atoms with Gasteiger partial charge in [0.25, 0.3) is 0 Å². The molecule has 2 aromatic carbocycles. The Labute approximate surface area is 145 Å². The van der Waals surface area contributed by atoms with Crippen LogP contribution in [0.25, 0.3) is 0 Å². The maximum absolute atomic E-state index is 12.2. The minimum absolute atomic E-state index is 0.106. The molecule has 0 fully saturated rings. The number of methoxy groups -OCH3 is 1. The molecule has 5 nitrogen and oxygen atoms in total. The van der Waals surface area contributed by atoms with Gasteiger partial charge in [-0.05, 0) is 42.3 Å². The molecule has 0 spiro atoms. The molecule has 1 aliphatic rings. The average Bonchev–Trinajstić information content (AvgIpc) is 2.60. The Morgan fingerprint density at radius 1 is 1.17 bits per heavy atom. The first-order valence-electron chi connectivity index (χ1n) is 7.67. The standard InChI is InChI=1S/C18H18ClNO4/c1-22-15-6-4-13(19)11-14(15)20-18(21)7-3-12-2-5-16-17(10-12)24-9-8-23-16/h2,4-6,10-11H,3,7-9H2,1H3,(H,20,21). The summed E-state index contributed by atoms with van der Waals surface area (Å²) in [5, 5.41) is 3.37. The molecule has 126 valence electrons. The molecule has 0 saturated carbocycles. The molecule has 0 radical (unpaired) electrons. The Morgan fingerprint density at radius 3 is 2.75 bits per heavy atom. The van der Waals surface area contributed by atoms with Crippen LogP contribution in [0.5, 0.6) is 17.2 Å². The lowest BCUT2D eigenvalue weighted by Gasteiger charge is -2.18. The van der Waals surface area contributed by atoms with Crippen LogP contribution in [-0.4, -0.2) is 26.2 Å². The number of amides is 1. The third kappa shape index (κ3) is 3.92. The highest BCUT2D eigenvalue weighted by atomic mass is 35.5. The minimum atomic E-state index is -0.106. The number of carbonyl (C=O) groups excluding carboxylic acids is 1. The van der Waals surface area contributed by atoms with Gasteiger partial charge in [-0.2, -0.15) is 0 Å². The van der Waals surface area contributed by atoms with Crippen LogP contribution in [0.4, 0.5) is 5.69 Å². The van der Waals surface area contributed by atoms with E-state index in [0.29, 0.717) is 42.5 Å². The summed E-state index contributed by atoms with van der Waals surface area (Å²) in [6.07, 6.45) is 0.945. The number of aryl methyl sites for hydroxylation is 1. The number of hydrogen-bond acceptors (Lipinski definition) is 4. The fourth-order valence-corrected chi connectivity index (χ4v) is 2.66. The maximum atomic E-state index is 12.2. The van der Waals surface area contributed by atoms with Gasteiger partial charge < -0.3 is 19.5 Å². The zero-order valence-electron chi connectivity index (χ0n) is 13.3. The van der Waals surface area contributed by atoms with Crippen LogP contribution in [0.1, 0.15) is 12.0 Å². The Hall–Kier alpha value is -2.40. The summed E-state index contributed by atoms with van der Waals surface area (Å²) in [5.74, 6) is 1.95. The average molecular weight is 348 g/mol. The number of anilines is 1. The first-order chi connectivity index (χ1) is 11.7. The largest absolute Gasteiger partial charge is 0.495 e. The summed E-state index contributed by atoms with van der Waals surface area (Å²) < 4.78 is 16.3. The fraction of sp³-hybridized carbons (Fsp3) is 0.278. The van der Waals surface area contributed by atoms with E-state index in [1.807, 2.05) is 18.2 Å². The SMILES string of the molecule is COc1ccc(Cl)cc1NC(=O)CCc1ccc2c(c1)OCCO2. The Bertz CT molecular complexity index is 748. The van der Waals surface area contributed by atoms with Gasteiger partial charge in [0.15, 0.2) is 11.5 Å². The monoisotopic (exact) mass is 347 g/mol. The molecule has 0 aromatic heterocycles. The Kier molecular flexibility index (Phi) is 5.11. The van der Waals surface area contributed by atoms with Crippen molar-refractivity contribution < 1.29 is 19.0 Å². The molecular formula is C18H18ClNO4. The number of ether oxygens (including phenoxy) is 3. The molecule has 2 aromatic rings. The number of halogens is 1. The first-order valence-corrected chi connectivity index (χ1v) is 8.05. The van der Waals surface area contributed by atoms with E-state index in [-0.39, 0.29) is 5.91 Å². The van der Waals surface area contributed by atoms with Crippen molar-refractivity contribution in [1.82, 2.24) is 0 Å². The van der Waals surface area contributed by atoms with E-state index < -0.39 is 0 Å². The van der Waals surface area contributed by atoms with Crippen LogP contribution >= 0.6 is 11.6 Å². The van der Waals surface area contributed by atoms with E-state index >= 15 is 0 Å². The lowest BCUT2D eigenvalue weighted by atomic mass is 10.1. The molecular weight excluding hydrogens is 330 g/mol. The van der Waals surface area contributed by atoms with Crippen LogP contribution in [0, 0.1) is 0 Å². The van der Waals surface area contributed by atoms with Gasteiger partial charge >= 0.3 is 0 Å². The van der Waals surface area contributed by atoms with Crippen molar-refractivity contribution >= 4 is 23.2 Å². The third-order valence-electron chi connectivity index (χ3n) is 3.68. The van der Waals surface area contributed by atoms with Gasteiger partial charge in [-0.1, -0.05) is 17.7 Å². The summed E-state index contributed by atoms with van der Waals surface area (Å²) in [4.78, 5) is 12.2. The second kappa shape index (κ2) is 7.45. The predicted molar refractivity (Wildman–Crippen MR) is 92.4 cm³/mol. The van der Waals surface area contributed by atoms with E-state index in [0.717, 1.165) is 17.1 Å². The molecule has 0 bridgehead atoms. The van der Waals surface area contributed by atoms with Crippen LogP contribution in [-0.2, 0) is 11.2 Å². The quantitative estimate of drug-likeness (QED) is 0.896. The summed E-state index contributed by atoms with van der Waals surface area (Å²) in [7, 11) is 1.55. The van der Waals surface area contributed by atoms with Crippen molar-refractivity contribution in [3.05, 3.63) is 47.0 Å². The number of hydrogen-bond donors (Lipinski definition) is 1. The molecule has 0 saturated heterocycles. The minimum Gasteiger partial charge on any atom is -0.495 e. The highest BCUT2D eigenvalue weighted by molar-refractivity contribution is 6.31. The third-order valence-corrected chi connectivity index (χ3v) is 3.92. The molecule has 3 rings (SSSR count). The molecule has 1 heterocycles. The first kappa shape index (κ1) is 16.5. The van der Waals surface area contributed by atoms with Crippen LogP contribution in [0.3, 0.4) is 0 Å². The van der Waals surface area contributed by atoms with Gasteiger partial charge in [0.05, 0.1) is 12.8 Å². The summed E-state index contributed by atoms with van der Waals surface area (Å²) >= 11 is 5.97. The van der Waals surface area contributed by atoms with Crippen molar-refractivity contribution in [1.29, 1.82) is 0 Å². The van der Waals surface area contributed by atoms with Gasteiger partial charge in [0, 0.05) is 11.4 Å². The summed E-state index contributed by atoms with van der Waals surface area (Å²) in [6.45, 7) is 1.11. The summed E-state index contributed by atoms with van der Waals surface area (Å²) in [6, 6.07) is 10.8. The van der Waals surface area contributed by atoms with Crippen LogP contribution in [0.15, 0.2) is 36.4 Å². The molecule has 6 heteroatoms. The van der Waals surface area contributed by atoms with Gasteiger partial charge in [-0.3, -0.25) is 4.79 Å². The molecule has 1 aliphatic heterocycles. The molecule has 0 atom stereocenters. The fourth-order valence-electron chi connectivity index (χ4n) is 2.49. The normalized spacial score (nSPS) is 12.6. The number of rotatable bonds is 5. The molecule has 1 N–H and O–H groups in total. The Morgan fingerprint density at radius 2 is 1.96 bits per heavy atom. The van der Waals surface area contributed by atoms with Crippen molar-refractivity contribution in [2.75, 3.05) is 25.6 Å². The Balaban J connectivity index is 1.61. The summed E-state index contributed by atoms with van der Waals surface area (Å²) in [5.41, 5.74) is 1.59. The van der Waals surface area contributed by atoms with Crippen molar-refractivity contribution in [2.45, 2.75) is 12.8 Å². The maximum Gasteiger partial charge on any atom is 0.224 e. The van der Waals surface area contributed by atoms with Crippen LogP contribution < -0.4 is 19.5 Å². The van der Waals surface area contributed by atoms with E-state index in [4.69, 9.17) is 25.8 Å². The lowest BCUT2D eigenvalue weighted by Crippen LogP contribution is -2.16. The van der Waals surface area contributed by atoms with Gasteiger partial charge in [0.1, 0.15) is 19.0 Å². The highest BCUT2D eigenvalue weighted by Gasteiger charge is 2.13. The predicted octanol–water partition coefficient (Wildman–Crippen LogP) is 3.69. The zero-order chi connectivity index (χ0) is 16.9. The number of fused-ring (bicyclic) bond motifs is 1. The zero-order valence-corrected chi connectivity index (χ0v) is 14.1. The molecule has 24 heavy (non-hydrogen) atoms. The van der Waals surface area contributed by atoms with Gasteiger partial charge in [-0.15, -0.1) is 0 Å². The van der Waals surface area contributed by atoms with E-state index in [1.165, 1.54) is 0 Å². The molecule has 0 unspecified atom stereocenters. The second-order valence-corrected chi connectivity index (χ2v) is 5.81. The number of nitrogens with one attached hydrogen (secondary N) is 1. The molecule has 0 aliphatic carbocycles. The smallest absolute Gasteiger partial charge is 0.224 e. The van der Waals surface area contributed by atoms with Crippen molar-refractivity contribution in [2.24, 2.45) is 0 Å². The second-order valence-electron chi connectivity index (χ2n) is 5.37. The van der Waals surface area contributed by atoms with Crippen LogP contribution in [0.2, 0.25) is 5.02 Å². The van der Waals surface area contributed by atoms with Crippen molar-refractivity contribution in [3.63, 3.8) is 0 Å². The van der Waals surface area contributed by atoms with Crippen molar-refractivity contribution in [3.8, 4) is 17.2 Å².